The largest absolute Gasteiger partial charge is 0.366 e. The highest BCUT2D eigenvalue weighted by molar-refractivity contribution is 6.03. The summed E-state index contributed by atoms with van der Waals surface area (Å²) in [7, 11) is 0. The average Bonchev–Trinajstić information content (AvgIpc) is 2.45. The first-order valence-electron chi connectivity index (χ1n) is 6.50. The fourth-order valence-corrected chi connectivity index (χ4v) is 1.88. The van der Waals surface area contributed by atoms with Crippen molar-refractivity contribution in [1.29, 1.82) is 0 Å². The van der Waals surface area contributed by atoms with E-state index in [4.69, 9.17) is 5.73 Å². The van der Waals surface area contributed by atoms with Crippen LogP contribution < -0.4 is 11.1 Å². The molecule has 2 rings (SSSR count). The molecule has 0 unspecified atom stereocenters. The van der Waals surface area contributed by atoms with Gasteiger partial charge in [-0.2, -0.15) is 0 Å². The Balaban J connectivity index is 2.05. The molecule has 0 aliphatic carbocycles. The third-order valence-corrected chi connectivity index (χ3v) is 2.88. The number of benzene rings is 2. The summed E-state index contributed by atoms with van der Waals surface area (Å²) in [5.41, 5.74) is 8.17. The Morgan fingerprint density at radius 1 is 1.10 bits per heavy atom. The van der Waals surface area contributed by atoms with Crippen molar-refractivity contribution in [2.75, 3.05) is 5.32 Å². The first-order valence-corrected chi connectivity index (χ1v) is 6.50. The summed E-state index contributed by atoms with van der Waals surface area (Å²) in [6.07, 6.45) is 3.19. The third-order valence-electron chi connectivity index (χ3n) is 2.88. The van der Waals surface area contributed by atoms with Gasteiger partial charge in [-0.25, -0.2) is 0 Å². The maximum absolute atomic E-state index is 11.8. The standard InChI is InChI=1S/C17H16N2O2/c1-12-4-2-5-13(10-12)8-9-16(20)19-15-7-3-6-14(11-15)17(18)21/h2-11H,1H3,(H2,18,21)(H,19,20)/b9-8+. The highest BCUT2D eigenvalue weighted by Crippen LogP contribution is 2.11. The lowest BCUT2D eigenvalue weighted by molar-refractivity contribution is -0.111. The molecule has 2 amide bonds. The monoisotopic (exact) mass is 280 g/mol. The summed E-state index contributed by atoms with van der Waals surface area (Å²) in [5.74, 6) is -0.792. The lowest BCUT2D eigenvalue weighted by Gasteiger charge is -2.03. The van der Waals surface area contributed by atoms with Crippen LogP contribution in [0.25, 0.3) is 6.08 Å². The fourth-order valence-electron chi connectivity index (χ4n) is 1.88. The zero-order valence-corrected chi connectivity index (χ0v) is 11.7. The Morgan fingerprint density at radius 2 is 1.86 bits per heavy atom. The van der Waals surface area contributed by atoms with Gasteiger partial charge in [0.2, 0.25) is 11.8 Å². The maximum Gasteiger partial charge on any atom is 0.248 e. The zero-order chi connectivity index (χ0) is 15.2. The number of aryl methyl sites for hydroxylation is 1. The molecule has 2 aromatic carbocycles. The van der Waals surface area contributed by atoms with Crippen molar-refractivity contribution >= 4 is 23.6 Å². The Morgan fingerprint density at radius 3 is 2.57 bits per heavy atom. The lowest BCUT2D eigenvalue weighted by atomic mass is 10.1. The van der Waals surface area contributed by atoms with Crippen LogP contribution in [-0.2, 0) is 4.79 Å². The van der Waals surface area contributed by atoms with E-state index in [-0.39, 0.29) is 5.91 Å². The number of amides is 2. The van der Waals surface area contributed by atoms with Crippen LogP contribution in [0, 0.1) is 6.92 Å². The van der Waals surface area contributed by atoms with Crippen molar-refractivity contribution in [3.05, 3.63) is 71.3 Å². The molecule has 2 aromatic rings. The van der Waals surface area contributed by atoms with Crippen LogP contribution in [-0.4, -0.2) is 11.8 Å². The van der Waals surface area contributed by atoms with E-state index in [1.54, 1.807) is 30.3 Å². The number of hydrogen-bond donors (Lipinski definition) is 2. The Kier molecular flexibility index (Phi) is 4.51. The van der Waals surface area contributed by atoms with E-state index < -0.39 is 5.91 Å². The molecule has 106 valence electrons. The number of nitrogens with one attached hydrogen (secondary N) is 1. The molecule has 4 nitrogen and oxygen atoms in total. The Bertz CT molecular complexity index is 705. The van der Waals surface area contributed by atoms with Crippen LogP contribution in [0.2, 0.25) is 0 Å². The van der Waals surface area contributed by atoms with E-state index in [0.29, 0.717) is 11.3 Å². The van der Waals surface area contributed by atoms with Crippen molar-refractivity contribution in [3.8, 4) is 0 Å². The summed E-state index contributed by atoms with van der Waals surface area (Å²) in [6, 6.07) is 14.3. The van der Waals surface area contributed by atoms with Crippen LogP contribution in [0.4, 0.5) is 5.69 Å². The van der Waals surface area contributed by atoms with Gasteiger partial charge in [-0.05, 0) is 36.8 Å². The highest BCUT2D eigenvalue weighted by atomic mass is 16.1. The third kappa shape index (κ3) is 4.31. The van der Waals surface area contributed by atoms with Gasteiger partial charge in [-0.15, -0.1) is 0 Å². The Labute approximate surface area is 123 Å². The van der Waals surface area contributed by atoms with Gasteiger partial charge >= 0.3 is 0 Å². The van der Waals surface area contributed by atoms with Gasteiger partial charge in [0.25, 0.3) is 0 Å². The van der Waals surface area contributed by atoms with Gasteiger partial charge in [0.05, 0.1) is 0 Å². The van der Waals surface area contributed by atoms with Gasteiger partial charge in [0.15, 0.2) is 0 Å². The summed E-state index contributed by atoms with van der Waals surface area (Å²) >= 11 is 0. The summed E-state index contributed by atoms with van der Waals surface area (Å²) in [5, 5.41) is 2.69. The number of primary amides is 1. The van der Waals surface area contributed by atoms with E-state index >= 15 is 0 Å². The van der Waals surface area contributed by atoms with Crippen molar-refractivity contribution < 1.29 is 9.59 Å². The first kappa shape index (κ1) is 14.5. The molecule has 0 atom stereocenters. The lowest BCUT2D eigenvalue weighted by Crippen LogP contribution is -2.12. The minimum absolute atomic E-state index is 0.266. The van der Waals surface area contributed by atoms with E-state index in [2.05, 4.69) is 5.32 Å². The number of carbonyl (C=O) groups is 2. The Hall–Kier alpha value is -2.88. The normalized spacial score (nSPS) is 10.5. The van der Waals surface area contributed by atoms with Crippen molar-refractivity contribution in [2.24, 2.45) is 5.73 Å². The number of anilines is 1. The van der Waals surface area contributed by atoms with Gasteiger partial charge < -0.3 is 11.1 Å². The predicted molar refractivity (Wildman–Crippen MR) is 83.8 cm³/mol. The quantitative estimate of drug-likeness (QED) is 0.845. The highest BCUT2D eigenvalue weighted by Gasteiger charge is 2.03. The van der Waals surface area contributed by atoms with Crippen LogP contribution in [0.3, 0.4) is 0 Å². The zero-order valence-electron chi connectivity index (χ0n) is 11.7. The number of carbonyl (C=O) groups excluding carboxylic acids is 2. The summed E-state index contributed by atoms with van der Waals surface area (Å²) in [4.78, 5) is 22.9. The molecule has 0 saturated carbocycles. The van der Waals surface area contributed by atoms with Gasteiger partial charge in [0, 0.05) is 17.3 Å². The molecule has 21 heavy (non-hydrogen) atoms. The average molecular weight is 280 g/mol. The topological polar surface area (TPSA) is 72.2 Å². The second kappa shape index (κ2) is 6.52. The second-order valence-electron chi connectivity index (χ2n) is 4.68. The first-order chi connectivity index (χ1) is 10.0. The van der Waals surface area contributed by atoms with Crippen molar-refractivity contribution in [1.82, 2.24) is 0 Å². The number of hydrogen-bond acceptors (Lipinski definition) is 2. The minimum Gasteiger partial charge on any atom is -0.366 e. The predicted octanol–water partition coefficient (Wildman–Crippen LogP) is 2.75. The molecule has 0 saturated heterocycles. The van der Waals surface area contributed by atoms with Gasteiger partial charge in [0.1, 0.15) is 0 Å². The molecule has 3 N–H and O–H groups in total. The molecule has 0 heterocycles. The summed E-state index contributed by atoms with van der Waals surface area (Å²) in [6.45, 7) is 1.99. The number of nitrogens with two attached hydrogens (primary N) is 1. The van der Waals surface area contributed by atoms with E-state index in [1.165, 1.54) is 6.08 Å². The molecular formula is C17H16N2O2. The molecule has 0 spiro atoms. The molecule has 0 bridgehead atoms. The maximum atomic E-state index is 11.8. The van der Waals surface area contributed by atoms with Gasteiger partial charge in [-0.3, -0.25) is 9.59 Å². The number of rotatable bonds is 4. The van der Waals surface area contributed by atoms with E-state index in [0.717, 1.165) is 11.1 Å². The van der Waals surface area contributed by atoms with Crippen LogP contribution in [0.15, 0.2) is 54.6 Å². The second-order valence-corrected chi connectivity index (χ2v) is 4.68. The fraction of sp³-hybridized carbons (Fsp3) is 0.0588. The van der Waals surface area contributed by atoms with Crippen LogP contribution in [0.5, 0.6) is 0 Å². The molecule has 0 aliphatic rings. The molecule has 0 fully saturated rings. The van der Waals surface area contributed by atoms with Gasteiger partial charge in [-0.1, -0.05) is 35.9 Å². The summed E-state index contributed by atoms with van der Waals surface area (Å²) < 4.78 is 0. The van der Waals surface area contributed by atoms with Crippen molar-refractivity contribution in [3.63, 3.8) is 0 Å². The molecule has 0 aliphatic heterocycles. The smallest absolute Gasteiger partial charge is 0.248 e. The molecule has 0 radical (unpaired) electrons. The molecule has 4 heteroatoms. The molecule has 0 aromatic heterocycles. The minimum atomic E-state index is -0.526. The van der Waals surface area contributed by atoms with E-state index in [1.807, 2.05) is 31.2 Å². The SMILES string of the molecule is Cc1cccc(/C=C/C(=O)Nc2cccc(C(N)=O)c2)c1. The van der Waals surface area contributed by atoms with E-state index in [9.17, 15) is 9.59 Å². The van der Waals surface area contributed by atoms with Crippen LogP contribution >= 0.6 is 0 Å². The van der Waals surface area contributed by atoms with Crippen molar-refractivity contribution in [2.45, 2.75) is 6.92 Å². The molecular weight excluding hydrogens is 264 g/mol. The van der Waals surface area contributed by atoms with Crippen LogP contribution in [0.1, 0.15) is 21.5 Å².